The van der Waals surface area contributed by atoms with E-state index in [2.05, 4.69) is 47.4 Å². The molecule has 0 aromatic heterocycles. The molecule has 23 heavy (non-hydrogen) atoms. The Morgan fingerprint density at radius 2 is 2.04 bits per heavy atom. The van der Waals surface area contributed by atoms with Crippen molar-refractivity contribution in [2.24, 2.45) is 0 Å². The summed E-state index contributed by atoms with van der Waals surface area (Å²) in [6.45, 7) is 17.7. The molecular weight excluding hydrogens is 310 g/mol. The predicted octanol–water partition coefficient (Wildman–Crippen LogP) is 4.16. The number of nitrogens with zero attached hydrogens (tertiary/aromatic N) is 1. The summed E-state index contributed by atoms with van der Waals surface area (Å²) in [5, 5.41) is 0.151. The molecule has 2 unspecified atom stereocenters. The Balaban J connectivity index is 2.81. The van der Waals surface area contributed by atoms with Crippen LogP contribution in [0.4, 0.5) is 4.79 Å². The van der Waals surface area contributed by atoms with Crippen LogP contribution in [0.3, 0.4) is 0 Å². The van der Waals surface area contributed by atoms with Gasteiger partial charge in [-0.1, -0.05) is 33.4 Å². The molecule has 1 saturated heterocycles. The second kappa shape index (κ2) is 7.36. The van der Waals surface area contributed by atoms with Gasteiger partial charge in [-0.3, -0.25) is 4.90 Å². The number of carbonyl (C=O) groups is 1. The zero-order valence-corrected chi connectivity index (χ0v) is 16.8. The van der Waals surface area contributed by atoms with Crippen LogP contribution in [0.2, 0.25) is 18.1 Å². The highest BCUT2D eigenvalue weighted by molar-refractivity contribution is 6.74. The minimum atomic E-state index is -1.88. The number of hydrogen-bond acceptors (Lipinski definition) is 4. The van der Waals surface area contributed by atoms with Crippen LogP contribution >= 0.6 is 0 Å². The maximum atomic E-state index is 12.1. The first-order chi connectivity index (χ1) is 10.5. The van der Waals surface area contributed by atoms with Gasteiger partial charge < -0.3 is 13.9 Å². The maximum absolute atomic E-state index is 12.1. The molecular formula is C17H33NO4Si. The van der Waals surface area contributed by atoms with Crippen molar-refractivity contribution in [2.45, 2.75) is 70.5 Å². The fraction of sp³-hybridized carbons (Fsp3) is 0.824. The second-order valence-electron chi connectivity index (χ2n) is 8.02. The monoisotopic (exact) mass is 343 g/mol. The highest BCUT2D eigenvalue weighted by Gasteiger charge is 2.47. The smallest absolute Gasteiger partial charge is 0.412 e. The van der Waals surface area contributed by atoms with Gasteiger partial charge in [0.25, 0.3) is 0 Å². The van der Waals surface area contributed by atoms with Gasteiger partial charge >= 0.3 is 6.09 Å². The number of rotatable bonds is 5. The molecule has 0 bridgehead atoms. The summed E-state index contributed by atoms with van der Waals surface area (Å²) >= 11 is 0. The van der Waals surface area contributed by atoms with Gasteiger partial charge in [0.1, 0.15) is 12.8 Å². The van der Waals surface area contributed by atoms with Gasteiger partial charge in [-0.15, -0.1) is 0 Å². The van der Waals surface area contributed by atoms with Gasteiger partial charge in [-0.25, -0.2) is 4.79 Å². The van der Waals surface area contributed by atoms with Crippen LogP contribution in [0, 0.1) is 0 Å². The van der Waals surface area contributed by atoms with Crippen molar-refractivity contribution in [3.8, 4) is 0 Å². The number of methoxy groups -OCH3 is 1. The number of carbonyl (C=O) groups excluding carboxylic acids is 1. The molecule has 0 radical (unpaired) electrons. The van der Waals surface area contributed by atoms with Crippen LogP contribution in [0.25, 0.3) is 0 Å². The minimum absolute atomic E-state index is 0.151. The molecule has 0 saturated carbocycles. The number of amides is 1. The van der Waals surface area contributed by atoms with E-state index in [1.807, 2.05) is 0 Å². The third kappa shape index (κ3) is 5.06. The molecule has 2 atom stereocenters. The van der Waals surface area contributed by atoms with E-state index in [0.29, 0.717) is 13.0 Å². The Bertz CT molecular complexity index is 433. The lowest BCUT2D eigenvalue weighted by Crippen LogP contribution is -2.57. The normalized spacial score (nSPS) is 26.0. The summed E-state index contributed by atoms with van der Waals surface area (Å²) in [7, 11) is -0.259. The van der Waals surface area contributed by atoms with Crippen molar-refractivity contribution >= 4 is 14.4 Å². The second-order valence-corrected chi connectivity index (χ2v) is 12.7. The van der Waals surface area contributed by atoms with Crippen LogP contribution in [-0.4, -0.2) is 51.4 Å². The first kappa shape index (κ1) is 20.2. The summed E-state index contributed by atoms with van der Waals surface area (Å²) in [5.74, 6) is 0. The third-order valence-corrected chi connectivity index (χ3v) is 9.59. The molecule has 1 amide bonds. The lowest BCUT2D eigenvalue weighted by molar-refractivity contribution is -0.109. The number of piperidine rings is 1. The molecule has 1 rings (SSSR count). The van der Waals surface area contributed by atoms with E-state index in [0.717, 1.165) is 6.42 Å². The Hall–Kier alpha value is -0.853. The van der Waals surface area contributed by atoms with Crippen molar-refractivity contribution in [1.29, 1.82) is 0 Å². The van der Waals surface area contributed by atoms with Crippen molar-refractivity contribution in [3.05, 3.63) is 12.7 Å². The molecule has 1 aliphatic heterocycles. The molecule has 0 aliphatic carbocycles. The van der Waals surface area contributed by atoms with Crippen LogP contribution in [-0.2, 0) is 13.9 Å². The number of ether oxygens (including phenoxy) is 2. The topological polar surface area (TPSA) is 48.0 Å². The van der Waals surface area contributed by atoms with Gasteiger partial charge in [-0.2, -0.15) is 0 Å². The fourth-order valence-corrected chi connectivity index (χ4v) is 4.30. The van der Waals surface area contributed by atoms with Crippen molar-refractivity contribution < 1.29 is 18.7 Å². The highest BCUT2D eigenvalue weighted by Crippen LogP contribution is 2.42. The summed E-state index contributed by atoms with van der Waals surface area (Å²) in [5.41, 5.74) is -0.279. The van der Waals surface area contributed by atoms with Crippen LogP contribution in [0.1, 0.15) is 40.5 Å². The molecule has 134 valence electrons. The molecule has 1 heterocycles. The molecule has 0 aromatic carbocycles. The quantitative estimate of drug-likeness (QED) is 0.555. The van der Waals surface area contributed by atoms with E-state index in [4.69, 9.17) is 13.9 Å². The molecule has 0 N–H and O–H groups in total. The molecule has 5 nitrogen and oxygen atoms in total. The zero-order valence-electron chi connectivity index (χ0n) is 15.8. The molecule has 0 spiro atoms. The van der Waals surface area contributed by atoms with E-state index in [1.54, 1.807) is 18.1 Å². The zero-order chi connectivity index (χ0) is 17.9. The van der Waals surface area contributed by atoms with E-state index in [1.165, 1.54) is 0 Å². The van der Waals surface area contributed by atoms with Crippen molar-refractivity contribution in [2.75, 3.05) is 20.3 Å². The Labute approximate surface area is 142 Å². The average Bonchev–Trinajstić information content (AvgIpc) is 2.42. The molecule has 1 aliphatic rings. The summed E-state index contributed by atoms with van der Waals surface area (Å²) in [4.78, 5) is 13.8. The van der Waals surface area contributed by atoms with Crippen molar-refractivity contribution in [3.63, 3.8) is 0 Å². The van der Waals surface area contributed by atoms with Crippen LogP contribution < -0.4 is 0 Å². The molecule has 1 fully saturated rings. The Kier molecular flexibility index (Phi) is 6.46. The number of hydrogen-bond donors (Lipinski definition) is 0. The predicted molar refractivity (Wildman–Crippen MR) is 95.0 cm³/mol. The molecule has 6 heteroatoms. The fourth-order valence-electron chi connectivity index (χ4n) is 2.58. The summed E-state index contributed by atoms with van der Waals surface area (Å²) < 4.78 is 17.3. The van der Waals surface area contributed by atoms with Gasteiger partial charge in [-0.05, 0) is 31.5 Å². The standard InChI is InChI=1S/C17H33NO4Si/c1-9-12-21-15(19)18-11-10-17(5,13-14(18)20-6)22-23(7,8)16(2,3)4/h9,14H,1,10-13H2,2-8H3. The highest BCUT2D eigenvalue weighted by atomic mass is 28.4. The van der Waals surface area contributed by atoms with E-state index in [-0.39, 0.29) is 29.6 Å². The Morgan fingerprint density at radius 1 is 1.43 bits per heavy atom. The van der Waals surface area contributed by atoms with Gasteiger partial charge in [0.05, 0.1) is 5.60 Å². The lowest BCUT2D eigenvalue weighted by Gasteiger charge is -2.49. The van der Waals surface area contributed by atoms with Crippen LogP contribution in [0.5, 0.6) is 0 Å². The average molecular weight is 344 g/mol. The lowest BCUT2D eigenvalue weighted by atomic mass is 9.92. The van der Waals surface area contributed by atoms with Gasteiger partial charge in [0.2, 0.25) is 0 Å². The van der Waals surface area contributed by atoms with Gasteiger partial charge in [0.15, 0.2) is 8.32 Å². The van der Waals surface area contributed by atoms with Gasteiger partial charge in [0, 0.05) is 20.1 Å². The number of likely N-dealkylation sites (tertiary alicyclic amines) is 1. The summed E-state index contributed by atoms with van der Waals surface area (Å²) in [6.07, 6.45) is 2.32. The first-order valence-electron chi connectivity index (χ1n) is 8.23. The molecule has 0 aromatic rings. The van der Waals surface area contributed by atoms with Crippen LogP contribution in [0.15, 0.2) is 12.7 Å². The maximum Gasteiger partial charge on any atom is 0.412 e. The minimum Gasteiger partial charge on any atom is -0.445 e. The van der Waals surface area contributed by atoms with E-state index >= 15 is 0 Å². The van der Waals surface area contributed by atoms with E-state index < -0.39 is 8.32 Å². The SMILES string of the molecule is C=CCOC(=O)N1CCC(C)(O[Si](C)(C)C(C)(C)C)CC1OC. The first-order valence-corrected chi connectivity index (χ1v) is 11.1. The van der Waals surface area contributed by atoms with E-state index in [9.17, 15) is 4.79 Å². The Morgan fingerprint density at radius 3 is 2.52 bits per heavy atom. The third-order valence-electron chi connectivity index (χ3n) is 4.97. The summed E-state index contributed by atoms with van der Waals surface area (Å²) in [6, 6.07) is 0. The largest absolute Gasteiger partial charge is 0.445 e. The van der Waals surface area contributed by atoms with Crippen molar-refractivity contribution in [1.82, 2.24) is 4.90 Å².